The fourth-order valence-electron chi connectivity index (χ4n) is 6.98. The third-order valence-corrected chi connectivity index (χ3v) is 14.5. The first kappa shape index (κ1) is 35.3. The van der Waals surface area contributed by atoms with Gasteiger partial charge in [-0.15, -0.1) is 5.10 Å². The normalized spacial score (nSPS) is 16.4. The number of ether oxygens (including phenoxy) is 1. The van der Waals surface area contributed by atoms with E-state index in [1.54, 1.807) is 20.8 Å². The first-order chi connectivity index (χ1) is 23.8. The quantitative estimate of drug-likeness (QED) is 0.161. The minimum Gasteiger partial charge on any atom is -0.450 e. The Kier molecular flexibility index (Phi) is 9.36. The maximum atomic E-state index is 16.1. The molecule has 1 aliphatic rings. The van der Waals surface area contributed by atoms with Crippen LogP contribution >= 0.6 is 11.6 Å². The van der Waals surface area contributed by atoms with Crippen molar-refractivity contribution >= 4 is 41.9 Å². The Bertz CT molecular complexity index is 2040. The molecule has 0 fully saturated rings. The van der Waals surface area contributed by atoms with Gasteiger partial charge >= 0.3 is 17.3 Å². The summed E-state index contributed by atoms with van der Waals surface area (Å²) in [7, 11) is -3.10. The lowest BCUT2D eigenvalue weighted by molar-refractivity contribution is -0.142. The molecule has 0 bridgehead atoms. The number of anilines is 1. The van der Waals surface area contributed by atoms with Gasteiger partial charge in [-0.3, -0.25) is 9.36 Å². The molecule has 0 N–H and O–H groups in total. The molecule has 50 heavy (non-hydrogen) atoms. The number of aromatic nitrogens is 3. The fourth-order valence-corrected chi connectivity index (χ4v) is 11.8. The molecule has 0 saturated carbocycles. The summed E-state index contributed by atoms with van der Waals surface area (Å²) in [5.41, 5.74) is -3.50. The highest BCUT2D eigenvalue weighted by Crippen LogP contribution is 2.46. The molecule has 6 rings (SSSR count). The van der Waals surface area contributed by atoms with E-state index in [-0.39, 0.29) is 40.5 Å². The summed E-state index contributed by atoms with van der Waals surface area (Å²) in [5, 5.41) is 6.21. The van der Waals surface area contributed by atoms with Gasteiger partial charge < -0.3 is 14.1 Å². The lowest BCUT2D eigenvalue weighted by atomic mass is 9.96. The molecule has 4 aromatic carbocycles. The van der Waals surface area contributed by atoms with Crippen molar-refractivity contribution in [2.45, 2.75) is 71.5 Å². The molecule has 1 amide bonds. The second kappa shape index (κ2) is 13.3. The zero-order valence-electron chi connectivity index (χ0n) is 28.8. The monoisotopic (exact) mass is 716 g/mol. The van der Waals surface area contributed by atoms with Crippen LogP contribution in [0.2, 0.25) is 10.1 Å². The average molecular weight is 717 g/mol. The molecule has 1 aliphatic heterocycles. The van der Waals surface area contributed by atoms with E-state index in [1.165, 1.54) is 33.7 Å². The third kappa shape index (κ3) is 5.57. The predicted octanol–water partition coefficient (Wildman–Crippen LogP) is 6.61. The molecule has 1 atom stereocenters. The first-order valence-corrected chi connectivity index (χ1v) is 18.8. The average Bonchev–Trinajstić information content (AvgIpc) is 3.40. The maximum absolute atomic E-state index is 16.1. The van der Waals surface area contributed by atoms with Crippen LogP contribution in [0, 0.1) is 11.6 Å². The number of carbonyl (C=O) groups is 1. The van der Waals surface area contributed by atoms with Crippen LogP contribution < -0.4 is 25.7 Å². The van der Waals surface area contributed by atoms with Crippen molar-refractivity contribution in [3.63, 3.8) is 0 Å². The van der Waals surface area contributed by atoms with Crippen LogP contribution in [0.4, 0.5) is 14.5 Å². The van der Waals surface area contributed by atoms with E-state index >= 15 is 4.39 Å². The fraction of sp³-hybridized carbons (Fsp3) is 0.289. The number of halogens is 3. The van der Waals surface area contributed by atoms with Gasteiger partial charge in [0, 0.05) is 18.7 Å². The molecule has 2 heterocycles. The van der Waals surface area contributed by atoms with Gasteiger partial charge in [0.15, 0.2) is 5.82 Å². The summed E-state index contributed by atoms with van der Waals surface area (Å²) in [6, 6.07) is 27.1. The summed E-state index contributed by atoms with van der Waals surface area (Å²) < 4.78 is 46.5. The number of benzene rings is 4. The largest absolute Gasteiger partial charge is 0.450 e. The van der Waals surface area contributed by atoms with Crippen molar-refractivity contribution in [3.05, 3.63) is 136 Å². The van der Waals surface area contributed by atoms with E-state index < -0.39 is 48.9 Å². The van der Waals surface area contributed by atoms with Crippen LogP contribution in [0.25, 0.3) is 0 Å². The van der Waals surface area contributed by atoms with Gasteiger partial charge in [-0.1, -0.05) is 99.1 Å². The van der Waals surface area contributed by atoms with Crippen molar-refractivity contribution < 1.29 is 22.7 Å². The van der Waals surface area contributed by atoms with Gasteiger partial charge in [-0.05, 0) is 60.4 Å². The third-order valence-electron chi connectivity index (χ3n) is 9.15. The Morgan fingerprint density at radius 3 is 2.08 bits per heavy atom. The standard InChI is InChI=1S/C38H39ClF2N4O4Si/c1-7-43-33(24-48-50(37(4,5)6,27-15-10-8-11-16-27)28-17-12-9-13-18-28)42-45(36(43)47)38(34-29(39)19-14-20-30(34)41)35(46)44(25(2)3)31-22-21-26(40)23-32(31)49-38/h8-23,25H,7,24H2,1-6H3. The lowest BCUT2D eigenvalue weighted by Gasteiger charge is -2.43. The van der Waals surface area contributed by atoms with Crippen LogP contribution in [0.3, 0.4) is 0 Å². The molecule has 1 unspecified atom stereocenters. The summed E-state index contributed by atoms with van der Waals surface area (Å²) in [4.78, 5) is 30.7. The highest BCUT2D eigenvalue weighted by molar-refractivity contribution is 6.99. The Labute approximate surface area is 296 Å². The maximum Gasteiger partial charge on any atom is 0.350 e. The number of rotatable bonds is 9. The second-order valence-corrected chi connectivity index (χ2v) is 18.2. The van der Waals surface area contributed by atoms with Crippen molar-refractivity contribution in [1.29, 1.82) is 0 Å². The van der Waals surface area contributed by atoms with Gasteiger partial charge in [0.25, 0.3) is 8.32 Å². The minimum absolute atomic E-state index is 0.0827. The van der Waals surface area contributed by atoms with Crippen LogP contribution in [0.1, 0.15) is 52.9 Å². The molecular weight excluding hydrogens is 678 g/mol. The van der Waals surface area contributed by atoms with Gasteiger partial charge in [0.05, 0.1) is 22.9 Å². The van der Waals surface area contributed by atoms with Gasteiger partial charge in [0.2, 0.25) is 0 Å². The molecule has 5 aromatic rings. The number of hydrogen-bond donors (Lipinski definition) is 0. The van der Waals surface area contributed by atoms with E-state index in [2.05, 4.69) is 45.0 Å². The lowest BCUT2D eigenvalue weighted by Crippen LogP contribution is -2.66. The number of amides is 1. The van der Waals surface area contributed by atoms with E-state index in [0.29, 0.717) is 0 Å². The van der Waals surface area contributed by atoms with Gasteiger partial charge in [-0.25, -0.2) is 13.6 Å². The number of carbonyl (C=O) groups excluding carboxylic acids is 1. The first-order valence-electron chi connectivity index (χ1n) is 16.5. The van der Waals surface area contributed by atoms with E-state index in [1.807, 2.05) is 36.4 Å². The van der Waals surface area contributed by atoms with Gasteiger partial charge in [-0.2, -0.15) is 4.68 Å². The van der Waals surface area contributed by atoms with Crippen LogP contribution in [-0.2, 0) is 28.1 Å². The van der Waals surface area contributed by atoms with E-state index in [9.17, 15) is 14.0 Å². The van der Waals surface area contributed by atoms with Crippen LogP contribution in [-0.4, -0.2) is 34.6 Å². The second-order valence-electron chi connectivity index (χ2n) is 13.5. The van der Waals surface area contributed by atoms with Crippen molar-refractivity contribution in [3.8, 4) is 5.75 Å². The number of hydrogen-bond acceptors (Lipinski definition) is 5. The zero-order valence-corrected chi connectivity index (χ0v) is 30.5. The molecule has 0 spiro atoms. The molecule has 1 aromatic heterocycles. The summed E-state index contributed by atoms with van der Waals surface area (Å²) in [6.45, 7) is 11.7. The molecule has 0 aliphatic carbocycles. The van der Waals surface area contributed by atoms with Crippen molar-refractivity contribution in [2.75, 3.05) is 4.90 Å². The molecule has 260 valence electrons. The summed E-state index contributed by atoms with van der Waals surface area (Å²) in [5.74, 6) is -2.27. The zero-order chi connectivity index (χ0) is 36.0. The minimum atomic E-state index is -3.10. The Balaban J connectivity index is 1.59. The smallest absolute Gasteiger partial charge is 0.350 e. The van der Waals surface area contributed by atoms with Gasteiger partial charge in [0.1, 0.15) is 17.4 Å². The SMILES string of the molecule is CCn1c(CO[Si](c2ccccc2)(c2ccccc2)C(C)(C)C)nn(C2(c3c(F)cccc3Cl)Oc3cc(F)ccc3N(C(C)C)C2=O)c1=O. The Hall–Kier alpha value is -4.58. The molecule has 8 nitrogen and oxygen atoms in total. The van der Waals surface area contributed by atoms with E-state index in [0.717, 1.165) is 27.2 Å². The van der Waals surface area contributed by atoms with E-state index in [4.69, 9.17) is 25.9 Å². The Morgan fingerprint density at radius 2 is 1.54 bits per heavy atom. The van der Waals surface area contributed by atoms with Crippen LogP contribution in [0.15, 0.2) is 102 Å². The summed E-state index contributed by atoms with van der Waals surface area (Å²) in [6.07, 6.45) is 0. The highest BCUT2D eigenvalue weighted by atomic mass is 35.5. The number of fused-ring (bicyclic) bond motifs is 1. The number of nitrogens with zero attached hydrogens (tertiary/aromatic N) is 4. The topological polar surface area (TPSA) is 78.6 Å². The molecular formula is C38H39ClF2N4O4Si. The summed E-state index contributed by atoms with van der Waals surface area (Å²) >= 11 is 6.66. The van der Waals surface area contributed by atoms with Crippen molar-refractivity contribution in [2.24, 2.45) is 0 Å². The molecule has 0 saturated heterocycles. The Morgan fingerprint density at radius 1 is 0.920 bits per heavy atom. The van der Waals surface area contributed by atoms with Crippen molar-refractivity contribution in [1.82, 2.24) is 14.3 Å². The van der Waals surface area contributed by atoms with Crippen LogP contribution in [0.5, 0.6) is 5.75 Å². The highest BCUT2D eigenvalue weighted by Gasteiger charge is 2.57. The predicted molar refractivity (Wildman–Crippen MR) is 193 cm³/mol. The molecule has 12 heteroatoms. The molecule has 0 radical (unpaired) electrons.